The second kappa shape index (κ2) is 10.8. The van der Waals surface area contributed by atoms with Gasteiger partial charge in [-0.15, -0.1) is 0 Å². The third kappa shape index (κ3) is 5.89. The number of carbonyl (C=O) groups excluding carboxylic acids is 2. The van der Waals surface area contributed by atoms with Gasteiger partial charge in [0.25, 0.3) is 5.91 Å². The standard InChI is InChI=1S/C25H31FN4O3/c1-2-24(31)27-21-7-8-23(22(17-21)25(32)30-13-15-33-16-14-30)29-11-9-28(10-12-29)18-19-3-5-20(26)6-4-19/h3-8,17H,2,9-16,18H2,1H3,(H,27,31). The molecule has 0 spiro atoms. The monoisotopic (exact) mass is 454 g/mol. The van der Waals surface area contributed by atoms with Crippen molar-refractivity contribution in [1.82, 2.24) is 9.80 Å². The van der Waals surface area contributed by atoms with Gasteiger partial charge in [-0.2, -0.15) is 0 Å². The predicted molar refractivity (Wildman–Crippen MR) is 126 cm³/mol. The number of ether oxygens (including phenoxy) is 1. The number of hydrogen-bond acceptors (Lipinski definition) is 5. The Hall–Kier alpha value is -2.97. The molecule has 2 aromatic rings. The van der Waals surface area contributed by atoms with Crippen molar-refractivity contribution in [2.45, 2.75) is 19.9 Å². The molecule has 2 fully saturated rings. The fourth-order valence-corrected chi connectivity index (χ4v) is 4.24. The van der Waals surface area contributed by atoms with Gasteiger partial charge in [-0.1, -0.05) is 19.1 Å². The van der Waals surface area contributed by atoms with Crippen LogP contribution in [0, 0.1) is 5.82 Å². The van der Waals surface area contributed by atoms with E-state index in [4.69, 9.17) is 4.74 Å². The van der Waals surface area contributed by atoms with E-state index in [-0.39, 0.29) is 17.6 Å². The van der Waals surface area contributed by atoms with E-state index in [9.17, 15) is 14.0 Å². The summed E-state index contributed by atoms with van der Waals surface area (Å²) in [6.45, 7) is 8.03. The Morgan fingerprint density at radius 3 is 2.33 bits per heavy atom. The number of nitrogens with one attached hydrogen (secondary N) is 1. The second-order valence-electron chi connectivity index (χ2n) is 8.43. The van der Waals surface area contributed by atoms with Gasteiger partial charge >= 0.3 is 0 Å². The number of hydrogen-bond donors (Lipinski definition) is 1. The Bertz CT molecular complexity index is 968. The average Bonchev–Trinajstić information content (AvgIpc) is 2.86. The zero-order valence-corrected chi connectivity index (χ0v) is 19.1. The van der Waals surface area contributed by atoms with Gasteiger partial charge in [-0.3, -0.25) is 14.5 Å². The van der Waals surface area contributed by atoms with Crippen molar-refractivity contribution in [2.75, 3.05) is 62.7 Å². The molecule has 176 valence electrons. The zero-order chi connectivity index (χ0) is 23.2. The van der Waals surface area contributed by atoms with Crippen molar-refractivity contribution in [1.29, 1.82) is 0 Å². The average molecular weight is 455 g/mol. The van der Waals surface area contributed by atoms with Crippen LogP contribution in [0.4, 0.5) is 15.8 Å². The topological polar surface area (TPSA) is 65.1 Å². The molecule has 33 heavy (non-hydrogen) atoms. The maximum atomic E-state index is 13.4. The quantitative estimate of drug-likeness (QED) is 0.727. The highest BCUT2D eigenvalue weighted by Gasteiger charge is 2.26. The van der Waals surface area contributed by atoms with Crippen LogP contribution in [0.3, 0.4) is 0 Å². The molecule has 2 aromatic carbocycles. The van der Waals surface area contributed by atoms with Crippen LogP contribution in [-0.4, -0.2) is 74.1 Å². The second-order valence-corrected chi connectivity index (χ2v) is 8.43. The summed E-state index contributed by atoms with van der Waals surface area (Å²) in [6.07, 6.45) is 0.379. The molecular weight excluding hydrogens is 423 g/mol. The molecule has 0 radical (unpaired) electrons. The van der Waals surface area contributed by atoms with Gasteiger partial charge in [0.2, 0.25) is 5.91 Å². The van der Waals surface area contributed by atoms with Gasteiger partial charge < -0.3 is 19.9 Å². The number of anilines is 2. The molecular formula is C25H31FN4O3. The van der Waals surface area contributed by atoms with Gasteiger partial charge in [0.1, 0.15) is 5.82 Å². The number of amides is 2. The third-order valence-electron chi connectivity index (χ3n) is 6.16. The van der Waals surface area contributed by atoms with Crippen molar-refractivity contribution in [3.05, 3.63) is 59.4 Å². The van der Waals surface area contributed by atoms with E-state index in [2.05, 4.69) is 15.1 Å². The first-order valence-electron chi connectivity index (χ1n) is 11.6. The van der Waals surface area contributed by atoms with Crippen LogP contribution in [0.2, 0.25) is 0 Å². The number of morpholine rings is 1. The number of nitrogens with zero attached hydrogens (tertiary/aromatic N) is 3. The summed E-state index contributed by atoms with van der Waals surface area (Å²) in [6, 6.07) is 12.2. The van der Waals surface area contributed by atoms with Crippen LogP contribution in [-0.2, 0) is 16.1 Å². The molecule has 1 N–H and O–H groups in total. The molecule has 4 rings (SSSR count). The minimum Gasteiger partial charge on any atom is -0.378 e. The lowest BCUT2D eigenvalue weighted by Gasteiger charge is -2.37. The Kier molecular flexibility index (Phi) is 7.57. The first kappa shape index (κ1) is 23.2. The lowest BCUT2D eigenvalue weighted by atomic mass is 10.1. The molecule has 2 aliphatic rings. The van der Waals surface area contributed by atoms with Gasteiger partial charge in [-0.05, 0) is 35.9 Å². The summed E-state index contributed by atoms with van der Waals surface area (Å²) in [7, 11) is 0. The summed E-state index contributed by atoms with van der Waals surface area (Å²) in [4.78, 5) is 31.7. The first-order chi connectivity index (χ1) is 16.0. The Morgan fingerprint density at radius 2 is 1.67 bits per heavy atom. The lowest BCUT2D eigenvalue weighted by molar-refractivity contribution is -0.115. The SMILES string of the molecule is CCC(=O)Nc1ccc(N2CCN(Cc3ccc(F)cc3)CC2)c(C(=O)N2CCOCC2)c1. The highest BCUT2D eigenvalue weighted by Crippen LogP contribution is 2.28. The third-order valence-corrected chi connectivity index (χ3v) is 6.16. The van der Waals surface area contributed by atoms with E-state index in [1.54, 1.807) is 13.0 Å². The van der Waals surface area contributed by atoms with Crippen molar-refractivity contribution < 1.29 is 18.7 Å². The molecule has 0 saturated carbocycles. The molecule has 0 bridgehead atoms. The Balaban J connectivity index is 1.49. The van der Waals surface area contributed by atoms with Gasteiger partial charge in [0, 0.05) is 63.6 Å². The van der Waals surface area contributed by atoms with Gasteiger partial charge in [-0.25, -0.2) is 4.39 Å². The van der Waals surface area contributed by atoms with E-state index < -0.39 is 0 Å². The first-order valence-corrected chi connectivity index (χ1v) is 11.6. The van der Waals surface area contributed by atoms with Crippen LogP contribution < -0.4 is 10.2 Å². The maximum absolute atomic E-state index is 13.4. The van der Waals surface area contributed by atoms with E-state index in [1.807, 2.05) is 29.2 Å². The highest BCUT2D eigenvalue weighted by atomic mass is 19.1. The Labute approximate surface area is 194 Å². The van der Waals surface area contributed by atoms with E-state index in [1.165, 1.54) is 12.1 Å². The molecule has 0 unspecified atom stereocenters. The lowest BCUT2D eigenvalue weighted by Crippen LogP contribution is -2.47. The smallest absolute Gasteiger partial charge is 0.256 e. The molecule has 2 heterocycles. The fraction of sp³-hybridized carbons (Fsp3) is 0.440. The van der Waals surface area contributed by atoms with Crippen LogP contribution in [0.25, 0.3) is 0 Å². The van der Waals surface area contributed by atoms with E-state index >= 15 is 0 Å². The minimum absolute atomic E-state index is 0.0327. The van der Waals surface area contributed by atoms with Crippen LogP contribution >= 0.6 is 0 Å². The fourth-order valence-electron chi connectivity index (χ4n) is 4.24. The zero-order valence-electron chi connectivity index (χ0n) is 19.1. The molecule has 0 aliphatic carbocycles. The van der Waals surface area contributed by atoms with Crippen LogP contribution in [0.1, 0.15) is 29.3 Å². The normalized spacial score (nSPS) is 17.2. The van der Waals surface area contributed by atoms with Gasteiger partial charge in [0.15, 0.2) is 0 Å². The summed E-state index contributed by atoms with van der Waals surface area (Å²) < 4.78 is 18.6. The summed E-state index contributed by atoms with van der Waals surface area (Å²) >= 11 is 0. The summed E-state index contributed by atoms with van der Waals surface area (Å²) in [5.41, 5.74) is 3.22. The molecule has 2 aliphatic heterocycles. The molecule has 2 saturated heterocycles. The number of piperazine rings is 1. The van der Waals surface area contributed by atoms with Crippen molar-refractivity contribution in [2.24, 2.45) is 0 Å². The largest absolute Gasteiger partial charge is 0.378 e. The highest BCUT2D eigenvalue weighted by molar-refractivity contribution is 6.02. The van der Waals surface area contributed by atoms with E-state index in [0.29, 0.717) is 44.0 Å². The molecule has 8 heteroatoms. The van der Waals surface area contributed by atoms with Gasteiger partial charge in [0.05, 0.1) is 18.8 Å². The molecule has 0 aromatic heterocycles. The molecule has 7 nitrogen and oxygen atoms in total. The maximum Gasteiger partial charge on any atom is 0.256 e. The van der Waals surface area contributed by atoms with Crippen LogP contribution in [0.5, 0.6) is 0 Å². The number of carbonyl (C=O) groups is 2. The number of halogens is 1. The molecule has 2 amide bonds. The summed E-state index contributed by atoms with van der Waals surface area (Å²) in [5, 5.41) is 2.87. The van der Waals surface area contributed by atoms with Crippen molar-refractivity contribution in [3.63, 3.8) is 0 Å². The van der Waals surface area contributed by atoms with Crippen LogP contribution in [0.15, 0.2) is 42.5 Å². The number of benzene rings is 2. The number of rotatable bonds is 6. The Morgan fingerprint density at radius 1 is 0.970 bits per heavy atom. The minimum atomic E-state index is -0.223. The van der Waals surface area contributed by atoms with Crippen molar-refractivity contribution >= 4 is 23.2 Å². The van der Waals surface area contributed by atoms with E-state index in [0.717, 1.165) is 44.0 Å². The molecule has 0 atom stereocenters. The predicted octanol–water partition coefficient (Wildman–Crippen LogP) is 2.97. The van der Waals surface area contributed by atoms with Crippen molar-refractivity contribution in [3.8, 4) is 0 Å². The summed E-state index contributed by atoms with van der Waals surface area (Å²) in [5.74, 6) is -0.337.